The van der Waals surface area contributed by atoms with Crippen molar-refractivity contribution < 1.29 is 19.1 Å². The van der Waals surface area contributed by atoms with Gasteiger partial charge in [0.1, 0.15) is 10.7 Å². The van der Waals surface area contributed by atoms with Crippen LogP contribution in [-0.4, -0.2) is 66.8 Å². The fraction of sp³-hybridized carbons (Fsp3) is 0.700. The van der Waals surface area contributed by atoms with E-state index in [1.165, 1.54) is 89.9 Å². The lowest BCUT2D eigenvalue weighted by atomic mass is 10.0. The summed E-state index contributed by atoms with van der Waals surface area (Å²) in [4.78, 5) is 33.1. The highest BCUT2D eigenvalue weighted by Crippen LogP contribution is 2.53. The zero-order valence-corrected chi connectivity index (χ0v) is 31.8. The van der Waals surface area contributed by atoms with Crippen LogP contribution in [0.5, 0.6) is 0 Å². The molecule has 3 heterocycles. The Morgan fingerprint density at radius 2 is 1.35 bits per heavy atom. The lowest BCUT2D eigenvalue weighted by Crippen LogP contribution is -2.50. The quantitative estimate of drug-likeness (QED) is 0.0773. The SMILES string of the molecule is CCCCCCCCCCCCCCCCCCCC(=O)OCOC(=O)N1c2ccccc2NC(N2CCN(C)CC2)=C2C=C(C)SC21C. The number of nitrogens with one attached hydrogen (secondary N) is 1. The highest BCUT2D eigenvalue weighted by molar-refractivity contribution is 8.05. The van der Waals surface area contributed by atoms with Gasteiger partial charge >= 0.3 is 12.1 Å². The Hall–Kier alpha value is -2.65. The van der Waals surface area contributed by atoms with E-state index in [0.717, 1.165) is 73.1 Å². The molecule has 0 spiro atoms. The van der Waals surface area contributed by atoms with Gasteiger partial charge in [-0.05, 0) is 50.4 Å². The van der Waals surface area contributed by atoms with Crippen LogP contribution in [0, 0.1) is 0 Å². The number of carbonyl (C=O) groups excluding carboxylic acids is 2. The predicted octanol–water partition coefficient (Wildman–Crippen LogP) is 10.4. The summed E-state index contributed by atoms with van der Waals surface area (Å²) in [5.74, 6) is 0.715. The Morgan fingerprint density at radius 3 is 1.94 bits per heavy atom. The van der Waals surface area contributed by atoms with E-state index in [0.29, 0.717) is 6.42 Å². The molecular weight excluding hydrogens is 633 g/mol. The topological polar surface area (TPSA) is 74.3 Å². The van der Waals surface area contributed by atoms with Gasteiger partial charge in [0.25, 0.3) is 0 Å². The second-order valence-electron chi connectivity index (χ2n) is 14.3. The van der Waals surface area contributed by atoms with Crippen molar-refractivity contribution >= 4 is 35.2 Å². The number of esters is 1. The standard InChI is InChI=1S/C40H64N4O4S/c1-5-6-7-8-9-10-11-12-13-14-15-16-17-18-19-20-21-26-37(45)47-32-48-39(46)44-36-25-23-22-24-35(36)41-38(43-29-27-42(4)28-30-43)34-31-33(2)49-40(34,44)3/h22-25,31,41H,5-21,26-30,32H2,1-4H3. The number of anilines is 2. The minimum absolute atomic E-state index is 0.316. The van der Waals surface area contributed by atoms with Crippen molar-refractivity contribution in [3.05, 3.63) is 46.6 Å². The minimum Gasteiger partial charge on any atom is -0.428 e. The van der Waals surface area contributed by atoms with E-state index in [1.54, 1.807) is 16.7 Å². The summed E-state index contributed by atoms with van der Waals surface area (Å²) < 4.78 is 11.0. The van der Waals surface area contributed by atoms with Gasteiger partial charge in [-0.3, -0.25) is 9.69 Å². The zero-order valence-electron chi connectivity index (χ0n) is 31.0. The average molecular weight is 697 g/mol. The smallest absolute Gasteiger partial charge is 0.418 e. The maximum Gasteiger partial charge on any atom is 0.418 e. The molecule has 0 aliphatic carbocycles. The van der Waals surface area contributed by atoms with E-state index in [2.05, 4.69) is 49.0 Å². The molecule has 0 bridgehead atoms. The van der Waals surface area contributed by atoms with Crippen molar-refractivity contribution in [3.63, 3.8) is 0 Å². The number of para-hydroxylation sites is 2. The van der Waals surface area contributed by atoms with Gasteiger partial charge in [0.15, 0.2) is 0 Å². The Labute approximate surface area is 301 Å². The molecule has 1 unspecified atom stereocenters. The number of fused-ring (bicyclic) bond motifs is 2. The van der Waals surface area contributed by atoms with Crippen LogP contribution in [-0.2, 0) is 14.3 Å². The molecular formula is C40H64N4O4S. The number of hydrogen-bond donors (Lipinski definition) is 1. The number of rotatable bonds is 21. The Morgan fingerprint density at radius 1 is 0.796 bits per heavy atom. The number of carbonyl (C=O) groups is 2. The van der Waals surface area contributed by atoms with Crippen molar-refractivity contribution in [2.45, 2.75) is 141 Å². The second-order valence-corrected chi connectivity index (χ2v) is 16.0. The summed E-state index contributed by atoms with van der Waals surface area (Å²) in [7, 11) is 2.15. The van der Waals surface area contributed by atoms with E-state index in [-0.39, 0.29) is 12.8 Å². The van der Waals surface area contributed by atoms with Gasteiger partial charge < -0.3 is 24.6 Å². The molecule has 1 N–H and O–H groups in total. The first-order chi connectivity index (χ1) is 23.8. The molecule has 3 aliphatic heterocycles. The molecule has 1 amide bonds. The van der Waals surface area contributed by atoms with E-state index in [4.69, 9.17) is 9.47 Å². The monoisotopic (exact) mass is 696 g/mol. The summed E-state index contributed by atoms with van der Waals surface area (Å²) >= 11 is 1.65. The maximum atomic E-state index is 13.8. The number of hydrogen-bond acceptors (Lipinski definition) is 8. The normalized spacial score (nSPS) is 19.2. The highest BCUT2D eigenvalue weighted by atomic mass is 32.2. The fourth-order valence-corrected chi connectivity index (χ4v) is 8.55. The third kappa shape index (κ3) is 12.0. The van der Waals surface area contributed by atoms with E-state index < -0.39 is 11.0 Å². The molecule has 49 heavy (non-hydrogen) atoms. The van der Waals surface area contributed by atoms with Crippen LogP contribution in [0.25, 0.3) is 0 Å². The Balaban J connectivity index is 1.13. The van der Waals surface area contributed by atoms with Gasteiger partial charge in [0.2, 0.25) is 6.79 Å². The fourth-order valence-electron chi connectivity index (χ4n) is 7.22. The Kier molecular flexibility index (Phi) is 16.7. The number of piperazine rings is 1. The third-order valence-electron chi connectivity index (χ3n) is 10.2. The second kappa shape index (κ2) is 20.9. The van der Waals surface area contributed by atoms with Crippen LogP contribution >= 0.6 is 11.8 Å². The average Bonchev–Trinajstić information content (AvgIpc) is 3.34. The molecule has 0 saturated carbocycles. The molecule has 4 rings (SSSR count). The number of thioether (sulfide) groups is 1. The molecule has 1 atom stereocenters. The molecule has 1 fully saturated rings. The van der Waals surface area contributed by atoms with Gasteiger partial charge in [0.05, 0.1) is 11.4 Å². The Bertz CT molecular complexity index is 1240. The molecule has 1 saturated heterocycles. The molecule has 9 heteroatoms. The van der Waals surface area contributed by atoms with Crippen molar-refractivity contribution in [2.24, 2.45) is 0 Å². The zero-order chi connectivity index (χ0) is 34.9. The molecule has 3 aliphatic rings. The van der Waals surface area contributed by atoms with E-state index in [9.17, 15) is 9.59 Å². The van der Waals surface area contributed by atoms with Crippen LogP contribution in [0.15, 0.2) is 46.6 Å². The van der Waals surface area contributed by atoms with E-state index in [1.807, 2.05) is 24.3 Å². The summed E-state index contributed by atoms with van der Waals surface area (Å²) in [6.07, 6.45) is 24.1. The molecule has 0 aromatic heterocycles. The maximum absolute atomic E-state index is 13.8. The summed E-state index contributed by atoms with van der Waals surface area (Å²) in [5, 5.41) is 3.68. The number of benzene rings is 1. The number of nitrogens with zero attached hydrogens (tertiary/aromatic N) is 3. The summed E-state index contributed by atoms with van der Waals surface area (Å²) in [5.41, 5.74) is 2.63. The van der Waals surface area contributed by atoms with Crippen molar-refractivity contribution in [2.75, 3.05) is 50.2 Å². The first kappa shape index (κ1) is 39.1. The number of ether oxygens (including phenoxy) is 2. The molecule has 1 aromatic rings. The van der Waals surface area contributed by atoms with Crippen molar-refractivity contribution in [1.29, 1.82) is 0 Å². The van der Waals surface area contributed by atoms with Crippen LogP contribution in [0.1, 0.15) is 136 Å². The summed E-state index contributed by atoms with van der Waals surface area (Å²) in [6, 6.07) is 7.85. The first-order valence-corrected chi connectivity index (χ1v) is 20.2. The van der Waals surface area contributed by atoms with Crippen LogP contribution < -0.4 is 10.2 Å². The highest BCUT2D eigenvalue weighted by Gasteiger charge is 2.49. The van der Waals surface area contributed by atoms with Gasteiger partial charge in [-0.1, -0.05) is 134 Å². The number of unbranched alkanes of at least 4 members (excludes halogenated alkanes) is 16. The number of likely N-dealkylation sites (N-methyl/N-ethyl adjacent to an activating group) is 1. The molecule has 1 aromatic carbocycles. The lowest BCUT2D eigenvalue weighted by molar-refractivity contribution is -0.151. The van der Waals surface area contributed by atoms with Gasteiger partial charge in [-0.2, -0.15) is 0 Å². The molecule has 0 radical (unpaired) electrons. The van der Waals surface area contributed by atoms with Gasteiger partial charge in [-0.25, -0.2) is 4.79 Å². The summed E-state index contributed by atoms with van der Waals surface area (Å²) in [6.45, 7) is 9.80. The first-order valence-electron chi connectivity index (χ1n) is 19.4. The van der Waals surface area contributed by atoms with Crippen molar-refractivity contribution in [3.8, 4) is 0 Å². The van der Waals surface area contributed by atoms with Gasteiger partial charge in [-0.15, -0.1) is 0 Å². The molecule has 274 valence electrons. The van der Waals surface area contributed by atoms with Gasteiger partial charge in [0, 0.05) is 38.2 Å². The number of allylic oxidation sites excluding steroid dienone is 1. The molecule has 8 nitrogen and oxygen atoms in total. The van der Waals surface area contributed by atoms with Crippen LogP contribution in [0.3, 0.4) is 0 Å². The predicted molar refractivity (Wildman–Crippen MR) is 205 cm³/mol. The third-order valence-corrected chi connectivity index (χ3v) is 11.4. The van der Waals surface area contributed by atoms with Crippen molar-refractivity contribution in [1.82, 2.24) is 9.80 Å². The lowest BCUT2D eigenvalue weighted by Gasteiger charge is -2.39. The van der Waals surface area contributed by atoms with E-state index >= 15 is 0 Å². The largest absolute Gasteiger partial charge is 0.428 e. The minimum atomic E-state index is -0.725. The van der Waals surface area contributed by atoms with Crippen LogP contribution in [0.4, 0.5) is 16.2 Å². The van der Waals surface area contributed by atoms with Crippen LogP contribution in [0.2, 0.25) is 0 Å². The number of amides is 1.